The normalized spacial score (nSPS) is 10.8. The number of anilines is 1. The number of carboxylic acid groups (broad SMARTS) is 1. The molecule has 6 nitrogen and oxygen atoms in total. The quantitative estimate of drug-likeness (QED) is 0.688. The van der Waals surface area contributed by atoms with Crippen molar-refractivity contribution in [2.75, 3.05) is 5.32 Å². The Kier molecular flexibility index (Phi) is 3.60. The van der Waals surface area contributed by atoms with Crippen molar-refractivity contribution in [3.05, 3.63) is 59.0 Å². The minimum Gasteiger partial charge on any atom is -0.507 e. The standard InChI is InChI=1S/C15H12ClN3O3/c16-10-6-12(14-17-3-4-19(14)8-10)18-7-9-1-2-11(15(21)22)13(20)5-9/h1-6,8,18,20H,7H2,(H,21,22). The van der Waals surface area contributed by atoms with E-state index in [0.29, 0.717) is 11.6 Å². The van der Waals surface area contributed by atoms with Crippen molar-refractivity contribution in [2.45, 2.75) is 6.54 Å². The lowest BCUT2D eigenvalue weighted by atomic mass is 10.1. The van der Waals surface area contributed by atoms with Crippen LogP contribution in [-0.2, 0) is 6.54 Å². The average molecular weight is 318 g/mol. The van der Waals surface area contributed by atoms with Crippen LogP contribution in [0.25, 0.3) is 5.65 Å². The number of nitrogens with one attached hydrogen (secondary N) is 1. The van der Waals surface area contributed by atoms with E-state index in [2.05, 4.69) is 10.3 Å². The molecule has 0 amide bonds. The molecular weight excluding hydrogens is 306 g/mol. The highest BCUT2D eigenvalue weighted by Gasteiger charge is 2.10. The number of aromatic hydroxyl groups is 1. The Balaban J connectivity index is 1.84. The van der Waals surface area contributed by atoms with Gasteiger partial charge in [0.1, 0.15) is 11.3 Å². The third-order valence-electron chi connectivity index (χ3n) is 3.23. The first-order chi connectivity index (χ1) is 10.5. The first-order valence-electron chi connectivity index (χ1n) is 6.46. The van der Waals surface area contributed by atoms with Gasteiger partial charge in [0.15, 0.2) is 5.65 Å². The van der Waals surface area contributed by atoms with Crippen molar-refractivity contribution >= 4 is 28.9 Å². The van der Waals surface area contributed by atoms with E-state index in [1.165, 1.54) is 12.1 Å². The summed E-state index contributed by atoms with van der Waals surface area (Å²) in [5.74, 6) is -1.42. The largest absolute Gasteiger partial charge is 0.507 e. The average Bonchev–Trinajstić information content (AvgIpc) is 2.92. The number of rotatable bonds is 4. The summed E-state index contributed by atoms with van der Waals surface area (Å²) in [6, 6.07) is 6.19. The summed E-state index contributed by atoms with van der Waals surface area (Å²) in [5, 5.41) is 22.3. The van der Waals surface area contributed by atoms with Gasteiger partial charge in [-0.3, -0.25) is 0 Å². The molecule has 0 saturated carbocycles. The number of pyridine rings is 1. The van der Waals surface area contributed by atoms with Gasteiger partial charge in [0.2, 0.25) is 0 Å². The number of hydrogen-bond acceptors (Lipinski definition) is 4. The van der Waals surface area contributed by atoms with Crippen molar-refractivity contribution < 1.29 is 15.0 Å². The number of benzene rings is 1. The summed E-state index contributed by atoms with van der Waals surface area (Å²) in [6.07, 6.45) is 5.22. The Labute approximate surface area is 130 Å². The van der Waals surface area contributed by atoms with E-state index >= 15 is 0 Å². The number of hydrogen-bond donors (Lipinski definition) is 3. The molecule has 2 aromatic heterocycles. The number of phenols is 1. The fraction of sp³-hybridized carbons (Fsp3) is 0.0667. The van der Waals surface area contributed by atoms with Gasteiger partial charge in [-0.05, 0) is 23.8 Å². The van der Waals surface area contributed by atoms with Crippen LogP contribution in [-0.4, -0.2) is 25.6 Å². The highest BCUT2D eigenvalue weighted by Crippen LogP contribution is 2.23. The molecule has 3 N–H and O–H groups in total. The summed E-state index contributed by atoms with van der Waals surface area (Å²) >= 11 is 6.05. The molecule has 1 aromatic carbocycles. The number of fused-ring (bicyclic) bond motifs is 1. The van der Waals surface area contributed by atoms with Crippen LogP contribution in [0.5, 0.6) is 5.75 Å². The molecule has 0 spiro atoms. The maximum absolute atomic E-state index is 10.9. The molecular formula is C15H12ClN3O3. The second-order valence-corrected chi connectivity index (χ2v) is 5.18. The van der Waals surface area contributed by atoms with E-state index in [9.17, 15) is 9.90 Å². The summed E-state index contributed by atoms with van der Waals surface area (Å²) in [7, 11) is 0. The lowest BCUT2D eigenvalue weighted by Gasteiger charge is -2.09. The van der Waals surface area contributed by atoms with Crippen LogP contribution in [0.3, 0.4) is 0 Å². The van der Waals surface area contributed by atoms with E-state index in [1.807, 2.05) is 0 Å². The van der Waals surface area contributed by atoms with Crippen LogP contribution < -0.4 is 5.32 Å². The number of carboxylic acids is 1. The Hall–Kier alpha value is -2.73. The number of aromatic nitrogens is 2. The number of halogens is 1. The molecule has 0 aliphatic carbocycles. The summed E-state index contributed by atoms with van der Waals surface area (Å²) < 4.78 is 1.80. The number of imidazole rings is 1. The molecule has 2 heterocycles. The highest BCUT2D eigenvalue weighted by molar-refractivity contribution is 6.30. The monoisotopic (exact) mass is 317 g/mol. The lowest BCUT2D eigenvalue weighted by Crippen LogP contribution is -2.03. The van der Waals surface area contributed by atoms with E-state index in [1.54, 1.807) is 35.1 Å². The third-order valence-corrected chi connectivity index (χ3v) is 3.44. The van der Waals surface area contributed by atoms with Crippen LogP contribution >= 0.6 is 11.6 Å². The molecule has 0 aliphatic rings. The van der Waals surface area contributed by atoms with Gasteiger partial charge >= 0.3 is 5.97 Å². The predicted octanol–water partition coefficient (Wildman–Crippen LogP) is 3.00. The van der Waals surface area contributed by atoms with Gasteiger partial charge in [-0.25, -0.2) is 9.78 Å². The lowest BCUT2D eigenvalue weighted by molar-refractivity contribution is 0.0693. The van der Waals surface area contributed by atoms with Gasteiger partial charge in [-0.1, -0.05) is 17.7 Å². The first-order valence-corrected chi connectivity index (χ1v) is 6.83. The maximum atomic E-state index is 10.9. The van der Waals surface area contributed by atoms with E-state index in [4.69, 9.17) is 16.7 Å². The van der Waals surface area contributed by atoms with Crippen molar-refractivity contribution in [3.8, 4) is 5.75 Å². The van der Waals surface area contributed by atoms with Gasteiger partial charge in [0.05, 0.1) is 10.7 Å². The minimum absolute atomic E-state index is 0.123. The molecule has 0 aliphatic heterocycles. The van der Waals surface area contributed by atoms with E-state index in [0.717, 1.165) is 16.9 Å². The molecule has 22 heavy (non-hydrogen) atoms. The molecule has 3 rings (SSSR count). The van der Waals surface area contributed by atoms with Crippen molar-refractivity contribution in [3.63, 3.8) is 0 Å². The maximum Gasteiger partial charge on any atom is 0.339 e. The molecule has 7 heteroatoms. The number of nitrogens with zero attached hydrogens (tertiary/aromatic N) is 2. The molecule has 0 unspecified atom stereocenters. The highest BCUT2D eigenvalue weighted by atomic mass is 35.5. The van der Waals surface area contributed by atoms with Crippen LogP contribution in [0.15, 0.2) is 42.9 Å². The Morgan fingerprint density at radius 3 is 2.91 bits per heavy atom. The summed E-state index contributed by atoms with van der Waals surface area (Å²) in [5.41, 5.74) is 2.10. The van der Waals surface area contributed by atoms with Gasteiger partial charge in [0, 0.05) is 25.1 Å². The van der Waals surface area contributed by atoms with E-state index in [-0.39, 0.29) is 11.3 Å². The molecule has 0 saturated heterocycles. The summed E-state index contributed by atoms with van der Waals surface area (Å²) in [4.78, 5) is 15.1. The molecule has 0 radical (unpaired) electrons. The molecule has 0 atom stereocenters. The second-order valence-electron chi connectivity index (χ2n) is 4.74. The van der Waals surface area contributed by atoms with Gasteiger partial charge < -0.3 is 19.9 Å². The fourth-order valence-electron chi connectivity index (χ4n) is 2.19. The zero-order valence-electron chi connectivity index (χ0n) is 11.3. The van der Waals surface area contributed by atoms with E-state index < -0.39 is 5.97 Å². The minimum atomic E-state index is -1.16. The molecule has 112 valence electrons. The first kappa shape index (κ1) is 14.2. The SMILES string of the molecule is O=C(O)c1ccc(CNc2cc(Cl)cn3ccnc23)cc1O. The van der Waals surface area contributed by atoms with Crippen molar-refractivity contribution in [1.82, 2.24) is 9.38 Å². The molecule has 3 aromatic rings. The third kappa shape index (κ3) is 2.68. The summed E-state index contributed by atoms with van der Waals surface area (Å²) in [6.45, 7) is 0.399. The fourth-order valence-corrected chi connectivity index (χ4v) is 2.41. The van der Waals surface area contributed by atoms with Crippen LogP contribution in [0, 0.1) is 0 Å². The molecule has 0 bridgehead atoms. The zero-order chi connectivity index (χ0) is 15.7. The van der Waals surface area contributed by atoms with Gasteiger partial charge in [0.25, 0.3) is 0 Å². The predicted molar refractivity (Wildman–Crippen MR) is 82.6 cm³/mol. The van der Waals surface area contributed by atoms with Crippen LogP contribution in [0.2, 0.25) is 5.02 Å². The Morgan fingerprint density at radius 1 is 1.36 bits per heavy atom. The number of aromatic carboxylic acids is 1. The Morgan fingerprint density at radius 2 is 2.18 bits per heavy atom. The number of carbonyl (C=O) groups is 1. The molecule has 0 fully saturated rings. The van der Waals surface area contributed by atoms with Crippen LogP contribution in [0.1, 0.15) is 15.9 Å². The Bertz CT molecular complexity index is 860. The topological polar surface area (TPSA) is 86.9 Å². The zero-order valence-corrected chi connectivity index (χ0v) is 12.1. The van der Waals surface area contributed by atoms with Crippen molar-refractivity contribution in [2.24, 2.45) is 0 Å². The van der Waals surface area contributed by atoms with Gasteiger partial charge in [-0.15, -0.1) is 0 Å². The van der Waals surface area contributed by atoms with Gasteiger partial charge in [-0.2, -0.15) is 0 Å². The van der Waals surface area contributed by atoms with Crippen molar-refractivity contribution in [1.29, 1.82) is 0 Å². The second kappa shape index (κ2) is 5.57. The van der Waals surface area contributed by atoms with Crippen LogP contribution in [0.4, 0.5) is 5.69 Å². The smallest absolute Gasteiger partial charge is 0.339 e.